The van der Waals surface area contributed by atoms with Gasteiger partial charge in [-0.2, -0.15) is 0 Å². The molecule has 4 nitrogen and oxygen atoms in total. The van der Waals surface area contributed by atoms with Gasteiger partial charge in [-0.15, -0.1) is 11.8 Å². The van der Waals surface area contributed by atoms with Gasteiger partial charge in [0.1, 0.15) is 6.04 Å². The number of hydrogen-bond acceptors (Lipinski definition) is 3. The molecule has 0 spiro atoms. The second-order valence-electron chi connectivity index (χ2n) is 7.18. The van der Waals surface area contributed by atoms with E-state index in [1.54, 1.807) is 35.7 Å². The lowest BCUT2D eigenvalue weighted by molar-refractivity contribution is -0.140. The number of carbonyl (C=O) groups is 2. The Morgan fingerprint density at radius 3 is 2.40 bits per heavy atom. The minimum Gasteiger partial charge on any atom is -0.352 e. The van der Waals surface area contributed by atoms with Crippen molar-refractivity contribution in [1.29, 1.82) is 0 Å². The second-order valence-corrected chi connectivity index (χ2v) is 9.16. The summed E-state index contributed by atoms with van der Waals surface area (Å²) in [4.78, 5) is 28.5. The summed E-state index contributed by atoms with van der Waals surface area (Å²) in [5, 5.41) is 3.85. The van der Waals surface area contributed by atoms with Crippen molar-refractivity contribution in [2.45, 2.75) is 57.1 Å². The van der Waals surface area contributed by atoms with Crippen LogP contribution >= 0.6 is 35.0 Å². The maximum Gasteiger partial charge on any atom is 0.242 e. The molecule has 0 unspecified atom stereocenters. The van der Waals surface area contributed by atoms with Gasteiger partial charge in [0.25, 0.3) is 0 Å². The number of halogens is 2. The van der Waals surface area contributed by atoms with Crippen molar-refractivity contribution in [3.63, 3.8) is 0 Å². The van der Waals surface area contributed by atoms with Gasteiger partial charge in [-0.1, -0.05) is 54.4 Å². The maximum absolute atomic E-state index is 13.1. The highest BCUT2D eigenvalue weighted by Gasteiger charge is 2.26. The molecule has 0 aliphatic carbocycles. The van der Waals surface area contributed by atoms with Crippen molar-refractivity contribution in [1.82, 2.24) is 10.2 Å². The molecule has 162 valence electrons. The third-order valence-corrected chi connectivity index (χ3v) is 6.59. The fourth-order valence-electron chi connectivity index (χ4n) is 2.80. The number of benzene rings is 2. The van der Waals surface area contributed by atoms with E-state index in [0.29, 0.717) is 28.8 Å². The van der Waals surface area contributed by atoms with E-state index in [9.17, 15) is 9.59 Å². The SMILES string of the molecule is CC[C@H](C)NC(=O)[C@H](C)N(Cc1ccc(Cl)c(Cl)c1)C(=O)CCSc1ccccc1. The highest BCUT2D eigenvalue weighted by molar-refractivity contribution is 7.99. The van der Waals surface area contributed by atoms with Crippen LogP contribution in [0.5, 0.6) is 0 Å². The normalized spacial score (nSPS) is 12.8. The third-order valence-electron chi connectivity index (χ3n) is 4.83. The van der Waals surface area contributed by atoms with Crippen LogP contribution in [0.4, 0.5) is 0 Å². The van der Waals surface area contributed by atoms with Gasteiger partial charge < -0.3 is 10.2 Å². The molecule has 2 atom stereocenters. The highest BCUT2D eigenvalue weighted by atomic mass is 35.5. The molecule has 0 radical (unpaired) electrons. The molecular weight excluding hydrogens is 439 g/mol. The minimum absolute atomic E-state index is 0.0514. The van der Waals surface area contributed by atoms with Crippen molar-refractivity contribution < 1.29 is 9.59 Å². The van der Waals surface area contributed by atoms with E-state index in [4.69, 9.17) is 23.2 Å². The lowest BCUT2D eigenvalue weighted by Gasteiger charge is -2.30. The van der Waals surface area contributed by atoms with E-state index < -0.39 is 6.04 Å². The van der Waals surface area contributed by atoms with E-state index in [2.05, 4.69) is 5.32 Å². The van der Waals surface area contributed by atoms with E-state index in [0.717, 1.165) is 16.9 Å². The van der Waals surface area contributed by atoms with Crippen LogP contribution in [0.1, 0.15) is 39.2 Å². The largest absolute Gasteiger partial charge is 0.352 e. The van der Waals surface area contributed by atoms with Gasteiger partial charge in [0.2, 0.25) is 11.8 Å². The van der Waals surface area contributed by atoms with Gasteiger partial charge >= 0.3 is 0 Å². The predicted octanol–water partition coefficient (Wildman–Crippen LogP) is 5.81. The first-order valence-electron chi connectivity index (χ1n) is 10.0. The van der Waals surface area contributed by atoms with Crippen LogP contribution in [0.2, 0.25) is 10.0 Å². The van der Waals surface area contributed by atoms with E-state index in [1.807, 2.05) is 50.2 Å². The molecule has 0 saturated heterocycles. The maximum atomic E-state index is 13.1. The van der Waals surface area contributed by atoms with Crippen LogP contribution in [0, 0.1) is 0 Å². The van der Waals surface area contributed by atoms with Gasteiger partial charge in [0, 0.05) is 29.7 Å². The molecule has 7 heteroatoms. The number of hydrogen-bond donors (Lipinski definition) is 1. The molecule has 0 aliphatic rings. The molecule has 2 aromatic carbocycles. The summed E-state index contributed by atoms with van der Waals surface area (Å²) in [6.07, 6.45) is 1.16. The van der Waals surface area contributed by atoms with E-state index >= 15 is 0 Å². The summed E-state index contributed by atoms with van der Waals surface area (Å²) in [5.41, 5.74) is 0.830. The Balaban J connectivity index is 2.10. The van der Waals surface area contributed by atoms with Gasteiger partial charge in [-0.25, -0.2) is 0 Å². The summed E-state index contributed by atoms with van der Waals surface area (Å²) in [5.74, 6) is 0.408. The Labute approximate surface area is 193 Å². The summed E-state index contributed by atoms with van der Waals surface area (Å²) in [6, 6.07) is 14.7. The Hall–Kier alpha value is -1.69. The number of nitrogens with one attached hydrogen (secondary N) is 1. The van der Waals surface area contributed by atoms with Crippen molar-refractivity contribution in [2.24, 2.45) is 0 Å². The molecule has 0 aliphatic heterocycles. The number of amides is 2. The topological polar surface area (TPSA) is 49.4 Å². The number of nitrogens with zero attached hydrogens (tertiary/aromatic N) is 1. The molecule has 2 rings (SSSR count). The lowest BCUT2D eigenvalue weighted by Crippen LogP contribution is -2.49. The van der Waals surface area contributed by atoms with Crippen LogP contribution < -0.4 is 5.32 Å². The molecule has 0 heterocycles. The van der Waals surface area contributed by atoms with E-state index in [1.165, 1.54) is 0 Å². The third kappa shape index (κ3) is 7.53. The molecule has 2 aromatic rings. The first kappa shape index (κ1) is 24.6. The summed E-state index contributed by atoms with van der Waals surface area (Å²) in [6.45, 7) is 6.01. The quantitative estimate of drug-likeness (QED) is 0.449. The molecule has 0 aromatic heterocycles. The van der Waals surface area contributed by atoms with Crippen LogP contribution in [0.15, 0.2) is 53.4 Å². The lowest BCUT2D eigenvalue weighted by atomic mass is 10.1. The second kappa shape index (κ2) is 12.2. The number of rotatable bonds is 10. The van der Waals surface area contributed by atoms with Crippen LogP contribution in [-0.4, -0.2) is 34.6 Å². The van der Waals surface area contributed by atoms with Crippen molar-refractivity contribution in [3.8, 4) is 0 Å². The van der Waals surface area contributed by atoms with Crippen molar-refractivity contribution in [3.05, 3.63) is 64.1 Å². The van der Waals surface area contributed by atoms with Crippen molar-refractivity contribution >= 4 is 46.8 Å². The molecule has 30 heavy (non-hydrogen) atoms. The average Bonchev–Trinajstić information content (AvgIpc) is 2.74. The van der Waals surface area contributed by atoms with Crippen molar-refractivity contribution in [2.75, 3.05) is 5.75 Å². The Bertz CT molecular complexity index is 848. The highest BCUT2D eigenvalue weighted by Crippen LogP contribution is 2.24. The summed E-state index contributed by atoms with van der Waals surface area (Å²) >= 11 is 13.8. The molecular formula is C23H28Cl2N2O2S. The fraction of sp³-hybridized carbons (Fsp3) is 0.391. The molecule has 1 N–H and O–H groups in total. The zero-order valence-electron chi connectivity index (χ0n) is 17.5. The Morgan fingerprint density at radius 1 is 1.07 bits per heavy atom. The monoisotopic (exact) mass is 466 g/mol. The van der Waals surface area contributed by atoms with Crippen LogP contribution in [0.3, 0.4) is 0 Å². The van der Waals surface area contributed by atoms with Crippen LogP contribution in [0.25, 0.3) is 0 Å². The Kier molecular flexibility index (Phi) is 10.0. The molecule has 0 bridgehead atoms. The van der Waals surface area contributed by atoms with Crippen LogP contribution in [-0.2, 0) is 16.1 Å². The fourth-order valence-corrected chi connectivity index (χ4v) is 3.98. The Morgan fingerprint density at radius 2 is 1.77 bits per heavy atom. The standard InChI is InChI=1S/C23H28Cl2N2O2S/c1-4-16(2)26-23(29)17(3)27(15-18-10-11-20(24)21(25)14-18)22(28)12-13-30-19-8-6-5-7-9-19/h5-11,14,16-17H,4,12-13,15H2,1-3H3,(H,26,29)/t16-,17-/m0/s1. The van der Waals surface area contributed by atoms with Gasteiger partial charge in [0.15, 0.2) is 0 Å². The van der Waals surface area contributed by atoms with Gasteiger partial charge in [-0.3, -0.25) is 9.59 Å². The number of thioether (sulfide) groups is 1. The zero-order chi connectivity index (χ0) is 22.1. The average molecular weight is 467 g/mol. The smallest absolute Gasteiger partial charge is 0.242 e. The zero-order valence-corrected chi connectivity index (χ0v) is 19.9. The molecule has 0 fully saturated rings. The number of carbonyl (C=O) groups excluding carboxylic acids is 2. The first-order valence-corrected chi connectivity index (χ1v) is 11.8. The summed E-state index contributed by atoms with van der Waals surface area (Å²) in [7, 11) is 0. The van der Waals surface area contributed by atoms with Gasteiger partial charge in [0.05, 0.1) is 10.0 Å². The van der Waals surface area contributed by atoms with E-state index in [-0.39, 0.29) is 17.9 Å². The van der Waals surface area contributed by atoms with Gasteiger partial charge in [-0.05, 0) is 50.1 Å². The summed E-state index contributed by atoms with van der Waals surface area (Å²) < 4.78 is 0. The predicted molar refractivity (Wildman–Crippen MR) is 126 cm³/mol. The first-order chi connectivity index (χ1) is 14.3. The molecule has 2 amide bonds. The molecule has 0 saturated carbocycles. The minimum atomic E-state index is -0.595.